The second kappa shape index (κ2) is 8.22. The summed E-state index contributed by atoms with van der Waals surface area (Å²) in [4.78, 5) is 45.1. The number of benzene rings is 3. The van der Waals surface area contributed by atoms with Crippen LogP contribution in [0.4, 0.5) is 15.8 Å². The van der Waals surface area contributed by atoms with Gasteiger partial charge >= 0.3 is 0 Å². The van der Waals surface area contributed by atoms with E-state index in [9.17, 15) is 18.8 Å². The highest BCUT2D eigenvalue weighted by atomic mass is 19.1. The number of carbonyl (C=O) groups excluding carboxylic acids is 3. The molecule has 2 bridgehead atoms. The van der Waals surface area contributed by atoms with Crippen molar-refractivity contribution in [1.82, 2.24) is 5.32 Å². The normalized spacial score (nSPS) is 28.0. The van der Waals surface area contributed by atoms with Gasteiger partial charge in [-0.1, -0.05) is 30.3 Å². The molecule has 2 unspecified atom stereocenters. The third-order valence-corrected chi connectivity index (χ3v) is 8.19. The van der Waals surface area contributed by atoms with Gasteiger partial charge in [0.1, 0.15) is 5.82 Å². The molecule has 37 heavy (non-hydrogen) atoms. The lowest BCUT2D eigenvalue weighted by molar-refractivity contribution is -0.130. The Morgan fingerprint density at radius 3 is 2.49 bits per heavy atom. The molecule has 3 saturated heterocycles. The summed E-state index contributed by atoms with van der Waals surface area (Å²) in [6.07, 6.45) is 1.63. The summed E-state index contributed by atoms with van der Waals surface area (Å²) < 4.78 is 19.6. The Labute approximate surface area is 213 Å². The monoisotopic (exact) mass is 497 g/mol. The van der Waals surface area contributed by atoms with Crippen LogP contribution in [0.2, 0.25) is 0 Å². The Hall–Kier alpha value is -4.09. The van der Waals surface area contributed by atoms with Crippen molar-refractivity contribution in [2.24, 2.45) is 11.8 Å². The van der Waals surface area contributed by atoms with Gasteiger partial charge in [0.15, 0.2) is 5.69 Å². The Morgan fingerprint density at radius 1 is 1.05 bits per heavy atom. The highest BCUT2D eigenvalue weighted by Gasteiger charge is 2.73. The molecule has 0 aromatic heterocycles. The van der Waals surface area contributed by atoms with Crippen molar-refractivity contribution in [2.75, 3.05) is 11.4 Å². The highest BCUT2D eigenvalue weighted by molar-refractivity contribution is 6.26. The number of hydrogen-bond donors (Lipinski definition) is 1. The van der Waals surface area contributed by atoms with Gasteiger partial charge in [-0.25, -0.2) is 14.1 Å². The van der Waals surface area contributed by atoms with Gasteiger partial charge in [-0.15, -0.1) is 0 Å². The number of ether oxygens (including phenoxy) is 1. The number of hydrogen-bond acceptors (Lipinski definition) is 4. The Kier molecular flexibility index (Phi) is 5.18. The molecule has 3 aromatic carbocycles. The molecule has 0 radical (unpaired) electrons. The van der Waals surface area contributed by atoms with Gasteiger partial charge in [0.25, 0.3) is 5.91 Å². The van der Waals surface area contributed by atoms with Crippen molar-refractivity contribution in [3.8, 4) is 0 Å². The number of carbonyl (C=O) groups is 3. The third-order valence-electron chi connectivity index (χ3n) is 8.19. The molecule has 186 valence electrons. The van der Waals surface area contributed by atoms with E-state index in [2.05, 4.69) is 10.2 Å². The number of fused-ring (bicyclic) bond motifs is 6. The van der Waals surface area contributed by atoms with Crippen LogP contribution in [0.3, 0.4) is 0 Å². The largest absolute Gasteiger partial charge is 0.367 e. The van der Waals surface area contributed by atoms with Crippen molar-refractivity contribution >= 4 is 39.9 Å². The van der Waals surface area contributed by atoms with Crippen LogP contribution in [0.5, 0.6) is 0 Å². The minimum absolute atomic E-state index is 0.250. The van der Waals surface area contributed by atoms with E-state index in [1.54, 1.807) is 12.1 Å². The third kappa shape index (κ3) is 3.38. The van der Waals surface area contributed by atoms with Crippen LogP contribution in [0.15, 0.2) is 60.7 Å². The van der Waals surface area contributed by atoms with Crippen LogP contribution in [0.1, 0.15) is 36.5 Å². The maximum atomic E-state index is 13.9. The predicted octanol–water partition coefficient (Wildman–Crippen LogP) is 4.78. The smallest absolute Gasteiger partial charge is 0.251 e. The number of halogens is 1. The van der Waals surface area contributed by atoms with E-state index >= 15 is 0 Å². The molecule has 3 aliphatic rings. The van der Waals surface area contributed by atoms with Crippen molar-refractivity contribution in [2.45, 2.75) is 37.4 Å². The lowest BCUT2D eigenvalue weighted by atomic mass is 9.67. The van der Waals surface area contributed by atoms with Gasteiger partial charge in [-0.3, -0.25) is 14.4 Å². The van der Waals surface area contributed by atoms with Gasteiger partial charge in [0.2, 0.25) is 11.8 Å². The van der Waals surface area contributed by atoms with E-state index < -0.39 is 28.9 Å². The molecular formula is C29H24FN3O4. The van der Waals surface area contributed by atoms with E-state index in [1.165, 1.54) is 29.2 Å². The number of rotatable bonds is 5. The molecule has 1 N–H and O–H groups in total. The Morgan fingerprint density at radius 2 is 1.76 bits per heavy atom. The summed E-state index contributed by atoms with van der Waals surface area (Å²) in [7, 11) is 0. The van der Waals surface area contributed by atoms with Crippen LogP contribution >= 0.6 is 0 Å². The summed E-state index contributed by atoms with van der Waals surface area (Å²) in [5.41, 5.74) is -0.339. The van der Waals surface area contributed by atoms with Crippen LogP contribution < -0.4 is 10.2 Å². The first kappa shape index (κ1) is 23.3. The van der Waals surface area contributed by atoms with Crippen molar-refractivity contribution in [3.63, 3.8) is 0 Å². The molecule has 3 aliphatic heterocycles. The fourth-order valence-corrected chi connectivity index (χ4v) is 6.50. The zero-order chi connectivity index (χ0) is 25.9. The second-order valence-electron chi connectivity index (χ2n) is 10.2. The molecule has 0 saturated carbocycles. The number of amides is 3. The minimum atomic E-state index is -0.858. The van der Waals surface area contributed by atoms with Crippen LogP contribution in [0, 0.1) is 24.2 Å². The lowest BCUT2D eigenvalue weighted by Gasteiger charge is -2.31. The number of nitrogens with zero attached hydrogens (tertiary/aromatic N) is 2. The maximum absolute atomic E-state index is 13.9. The van der Waals surface area contributed by atoms with E-state index in [-0.39, 0.29) is 24.3 Å². The second-order valence-corrected chi connectivity index (χ2v) is 10.2. The topological polar surface area (TPSA) is 80.1 Å². The predicted molar refractivity (Wildman–Crippen MR) is 134 cm³/mol. The molecule has 7 nitrogen and oxygen atoms in total. The first-order valence-electron chi connectivity index (χ1n) is 12.3. The number of nitrogens with one attached hydrogen (secondary N) is 1. The standard InChI is InChI=1S/C29H24FN3O4/c1-28-13-14-29(37-28,15-16-32-25(34)17-7-9-18(30)10-8-17)24-23(28)26(35)33(27(24)36)22-12-11-21(31-2)19-5-3-4-6-20(19)22/h3-12,23-24H,13-16H2,1H3,(H,32,34)/t23-,24+,28?,29?/m1/s1. The van der Waals surface area contributed by atoms with Gasteiger partial charge in [0, 0.05) is 12.1 Å². The molecule has 6 rings (SSSR count). The van der Waals surface area contributed by atoms with E-state index in [4.69, 9.17) is 11.3 Å². The molecule has 0 spiro atoms. The van der Waals surface area contributed by atoms with Crippen molar-refractivity contribution in [1.29, 1.82) is 0 Å². The molecule has 0 aliphatic carbocycles. The van der Waals surface area contributed by atoms with Crippen LogP contribution in [-0.4, -0.2) is 35.5 Å². The Bertz CT molecular complexity index is 1510. The molecule has 3 amide bonds. The maximum Gasteiger partial charge on any atom is 0.251 e. The summed E-state index contributed by atoms with van der Waals surface area (Å²) in [6, 6.07) is 15.9. The summed E-state index contributed by atoms with van der Waals surface area (Å²) in [5, 5.41) is 4.21. The average Bonchev–Trinajstić information content (AvgIpc) is 3.48. The van der Waals surface area contributed by atoms with E-state index in [1.807, 2.05) is 31.2 Å². The average molecular weight is 498 g/mol. The van der Waals surface area contributed by atoms with E-state index in [0.29, 0.717) is 47.0 Å². The van der Waals surface area contributed by atoms with Gasteiger partial charge in [0.05, 0.1) is 35.3 Å². The fraction of sp³-hybridized carbons (Fsp3) is 0.310. The van der Waals surface area contributed by atoms with Crippen LogP contribution in [-0.2, 0) is 14.3 Å². The van der Waals surface area contributed by atoms with Gasteiger partial charge in [-0.05, 0) is 67.3 Å². The summed E-state index contributed by atoms with van der Waals surface area (Å²) in [6.45, 7) is 9.62. The van der Waals surface area contributed by atoms with Crippen LogP contribution in [0.25, 0.3) is 15.6 Å². The van der Waals surface area contributed by atoms with E-state index in [0.717, 1.165) is 0 Å². The number of anilines is 1. The zero-order valence-electron chi connectivity index (χ0n) is 20.2. The molecule has 8 heteroatoms. The minimum Gasteiger partial charge on any atom is -0.367 e. The SMILES string of the molecule is [C-]#[N+]c1ccc(N2C(=O)[C@@H]3[C@H](C2=O)C2(C)CCC3(CCNC(=O)c3ccc(F)cc3)O2)c2ccccc12. The molecule has 4 atom stereocenters. The first-order valence-corrected chi connectivity index (χ1v) is 12.3. The lowest BCUT2D eigenvalue weighted by Crippen LogP contribution is -2.44. The highest BCUT2D eigenvalue weighted by Crippen LogP contribution is 2.62. The summed E-state index contributed by atoms with van der Waals surface area (Å²) in [5.74, 6) is -2.61. The van der Waals surface area contributed by atoms with Gasteiger partial charge in [-0.2, -0.15) is 0 Å². The molecule has 3 aromatic rings. The number of imide groups is 1. The fourth-order valence-electron chi connectivity index (χ4n) is 6.50. The Balaban J connectivity index is 1.29. The van der Waals surface area contributed by atoms with Crippen molar-refractivity contribution < 1.29 is 23.5 Å². The van der Waals surface area contributed by atoms with Gasteiger partial charge < -0.3 is 10.1 Å². The first-order chi connectivity index (χ1) is 17.8. The molecular weight excluding hydrogens is 473 g/mol. The molecule has 3 fully saturated rings. The quantitative estimate of drug-likeness (QED) is 0.407. The summed E-state index contributed by atoms with van der Waals surface area (Å²) >= 11 is 0. The molecule has 3 heterocycles. The van der Waals surface area contributed by atoms with Crippen molar-refractivity contribution in [3.05, 3.63) is 83.5 Å². The zero-order valence-corrected chi connectivity index (χ0v) is 20.2.